The summed E-state index contributed by atoms with van der Waals surface area (Å²) in [6, 6.07) is 4.82. The Bertz CT molecular complexity index is 1250. The Labute approximate surface area is 193 Å². The van der Waals surface area contributed by atoms with Crippen molar-refractivity contribution < 1.29 is 24.2 Å². The largest absolute Gasteiger partial charge is 0.503 e. The van der Waals surface area contributed by atoms with Gasteiger partial charge in [0.1, 0.15) is 12.4 Å². The third-order valence-electron chi connectivity index (χ3n) is 5.50. The van der Waals surface area contributed by atoms with Gasteiger partial charge in [0.25, 0.3) is 11.6 Å². The summed E-state index contributed by atoms with van der Waals surface area (Å²) in [5.41, 5.74) is 0.901. The fourth-order valence-corrected chi connectivity index (χ4v) is 4.86. The summed E-state index contributed by atoms with van der Waals surface area (Å²) in [5.74, 6) is -1.70. The van der Waals surface area contributed by atoms with E-state index in [4.69, 9.17) is 0 Å². The number of H-pyrrole nitrogens is 1. The number of non-ortho nitro benzene ring substituents is 1. The fourth-order valence-electron chi connectivity index (χ4n) is 3.99. The van der Waals surface area contributed by atoms with Crippen molar-refractivity contribution in [2.45, 2.75) is 32.9 Å². The topological polar surface area (TPSA) is 133 Å². The molecule has 2 aromatic heterocycles. The molecular formula is C22H22N5O5S+. The van der Waals surface area contributed by atoms with E-state index in [1.807, 2.05) is 10.8 Å². The molecule has 33 heavy (non-hydrogen) atoms. The van der Waals surface area contributed by atoms with Gasteiger partial charge >= 0.3 is 0 Å². The minimum absolute atomic E-state index is 0.0325. The van der Waals surface area contributed by atoms with Gasteiger partial charge in [-0.15, -0.1) is 11.3 Å². The lowest BCUT2D eigenvalue weighted by atomic mass is 9.95. The van der Waals surface area contributed by atoms with E-state index < -0.39 is 28.4 Å². The average Bonchev–Trinajstić information content (AvgIpc) is 3.48. The number of carbonyl (C=O) groups is 2. The number of nitro benzene ring substituents is 1. The molecule has 11 heteroatoms. The number of aryl methyl sites for hydroxylation is 3. The summed E-state index contributed by atoms with van der Waals surface area (Å²) >= 11 is 1.20. The first kappa shape index (κ1) is 22.3. The number of aliphatic hydroxyl groups is 1. The first-order valence-corrected chi connectivity index (χ1v) is 11.1. The summed E-state index contributed by atoms with van der Waals surface area (Å²) in [5, 5.41) is 22.5. The number of hydrogen-bond acceptors (Lipinski definition) is 7. The van der Waals surface area contributed by atoms with Crippen LogP contribution in [0.15, 0.2) is 54.3 Å². The number of carbonyl (C=O) groups excluding carboxylic acids is 2. The van der Waals surface area contributed by atoms with Crippen LogP contribution in [0.3, 0.4) is 0 Å². The van der Waals surface area contributed by atoms with Gasteiger partial charge in [-0.1, -0.05) is 0 Å². The molecule has 0 saturated carbocycles. The third kappa shape index (κ3) is 4.27. The van der Waals surface area contributed by atoms with Crippen LogP contribution in [0, 0.1) is 24.0 Å². The maximum atomic E-state index is 13.5. The predicted octanol–water partition coefficient (Wildman–Crippen LogP) is 2.95. The highest BCUT2D eigenvalue weighted by atomic mass is 32.1. The number of benzene rings is 1. The second kappa shape index (κ2) is 8.94. The number of Topliss-reactive ketones (excluding diaryl/α,β-unsaturated/α-hetero) is 1. The number of thiazole rings is 1. The SMILES string of the molecule is Cc1nc(C)c(C(=O)C2=C(O)C(=O)N(CCC[n+]3cc[nH]c3)C2c2ccc([N+](=O)[O-])cc2)s1. The van der Waals surface area contributed by atoms with Crippen LogP contribution in [0.5, 0.6) is 0 Å². The number of aromatic amines is 1. The minimum Gasteiger partial charge on any atom is -0.503 e. The Morgan fingerprint density at radius 3 is 2.64 bits per heavy atom. The Morgan fingerprint density at radius 2 is 2.06 bits per heavy atom. The quantitative estimate of drug-likeness (QED) is 0.226. The van der Waals surface area contributed by atoms with Crippen LogP contribution >= 0.6 is 11.3 Å². The predicted molar refractivity (Wildman–Crippen MR) is 119 cm³/mol. The number of aliphatic hydroxyl groups excluding tert-OH is 1. The number of nitrogens with one attached hydrogen (secondary N) is 1. The van der Waals surface area contributed by atoms with Crippen molar-refractivity contribution >= 4 is 28.7 Å². The van der Waals surface area contributed by atoms with E-state index in [9.17, 15) is 24.8 Å². The summed E-state index contributed by atoms with van der Waals surface area (Å²) in [4.78, 5) is 46.1. The van der Waals surface area contributed by atoms with Gasteiger partial charge in [0.2, 0.25) is 12.1 Å². The van der Waals surface area contributed by atoms with E-state index in [0.29, 0.717) is 34.1 Å². The first-order chi connectivity index (χ1) is 15.8. The summed E-state index contributed by atoms with van der Waals surface area (Å²) in [6.45, 7) is 4.39. The minimum atomic E-state index is -0.858. The van der Waals surface area contributed by atoms with Crippen molar-refractivity contribution in [3.63, 3.8) is 0 Å². The highest BCUT2D eigenvalue weighted by molar-refractivity contribution is 7.14. The molecule has 3 heterocycles. The van der Waals surface area contributed by atoms with Crippen molar-refractivity contribution in [1.82, 2.24) is 14.9 Å². The average molecular weight is 469 g/mol. The lowest BCUT2D eigenvalue weighted by Gasteiger charge is -2.26. The molecule has 0 aliphatic carbocycles. The van der Waals surface area contributed by atoms with Gasteiger partial charge in [0.05, 0.1) is 38.7 Å². The third-order valence-corrected chi connectivity index (χ3v) is 6.57. The molecule has 1 amide bonds. The number of aromatic nitrogens is 3. The molecule has 0 spiro atoms. The second-order valence-corrected chi connectivity index (χ2v) is 8.89. The van der Waals surface area contributed by atoms with Crippen LogP contribution in [0.2, 0.25) is 0 Å². The van der Waals surface area contributed by atoms with Crippen molar-refractivity contribution in [1.29, 1.82) is 0 Å². The standard InChI is InChI=1S/C22H21N5O5S/c1-13-21(33-14(2)24-13)19(28)17-18(15-4-6-16(7-5-15)27(31)32)26(22(30)20(17)29)10-3-9-25-11-8-23-12-25/h4-8,11-12,18H,3,9-10H2,1-2H3,(H,28,29)/p+1. The molecule has 1 aliphatic heterocycles. The van der Waals surface area contributed by atoms with Crippen molar-refractivity contribution in [3.05, 3.63) is 85.6 Å². The Hall–Kier alpha value is -3.86. The van der Waals surface area contributed by atoms with E-state index in [1.54, 1.807) is 26.4 Å². The molecule has 0 radical (unpaired) electrons. The monoisotopic (exact) mass is 468 g/mol. The molecule has 4 rings (SSSR count). The molecule has 0 bridgehead atoms. The van der Waals surface area contributed by atoms with Crippen LogP contribution in [0.4, 0.5) is 5.69 Å². The smallest absolute Gasteiger partial charge is 0.290 e. The van der Waals surface area contributed by atoms with Gasteiger partial charge < -0.3 is 10.0 Å². The summed E-state index contributed by atoms with van der Waals surface area (Å²) < 4.78 is 1.92. The number of hydrogen-bond donors (Lipinski definition) is 2. The number of amides is 1. The Kier molecular flexibility index (Phi) is 6.05. The lowest BCUT2D eigenvalue weighted by Crippen LogP contribution is -2.36. The highest BCUT2D eigenvalue weighted by Gasteiger charge is 2.44. The zero-order valence-corrected chi connectivity index (χ0v) is 18.8. The molecule has 1 aromatic carbocycles. The molecule has 10 nitrogen and oxygen atoms in total. The molecular weight excluding hydrogens is 446 g/mol. The van der Waals surface area contributed by atoms with Crippen molar-refractivity contribution in [3.8, 4) is 0 Å². The van der Waals surface area contributed by atoms with Gasteiger partial charge in [0.15, 0.2) is 5.76 Å². The van der Waals surface area contributed by atoms with Crippen molar-refractivity contribution in [2.75, 3.05) is 6.54 Å². The summed E-state index contributed by atoms with van der Waals surface area (Å²) in [6.07, 6.45) is 6.01. The number of nitrogens with zero attached hydrogens (tertiary/aromatic N) is 4. The maximum absolute atomic E-state index is 13.5. The number of imidazole rings is 1. The van der Waals surface area contributed by atoms with E-state index in [1.165, 1.54) is 40.5 Å². The van der Waals surface area contributed by atoms with Gasteiger partial charge in [-0.25, -0.2) is 9.55 Å². The van der Waals surface area contributed by atoms with Gasteiger partial charge in [0, 0.05) is 25.1 Å². The zero-order chi connectivity index (χ0) is 23.7. The number of rotatable bonds is 8. The fraction of sp³-hybridized carbons (Fsp3) is 0.273. The Morgan fingerprint density at radius 1 is 1.33 bits per heavy atom. The van der Waals surface area contributed by atoms with Crippen molar-refractivity contribution in [2.24, 2.45) is 0 Å². The Balaban J connectivity index is 1.70. The molecule has 2 N–H and O–H groups in total. The van der Waals surface area contributed by atoms with E-state index >= 15 is 0 Å². The molecule has 170 valence electrons. The molecule has 0 saturated heterocycles. The molecule has 1 unspecified atom stereocenters. The van der Waals surface area contributed by atoms with E-state index in [2.05, 4.69) is 9.97 Å². The van der Waals surface area contributed by atoms with Crippen LogP contribution in [-0.4, -0.2) is 43.1 Å². The van der Waals surface area contributed by atoms with Gasteiger partial charge in [-0.2, -0.15) is 0 Å². The van der Waals surface area contributed by atoms with E-state index in [0.717, 1.165) is 0 Å². The van der Waals surface area contributed by atoms with Gasteiger partial charge in [-0.3, -0.25) is 24.7 Å². The lowest BCUT2D eigenvalue weighted by molar-refractivity contribution is -0.695. The maximum Gasteiger partial charge on any atom is 0.290 e. The van der Waals surface area contributed by atoms with Gasteiger partial charge in [-0.05, 0) is 31.5 Å². The van der Waals surface area contributed by atoms with Crippen LogP contribution in [0.1, 0.15) is 38.4 Å². The molecule has 1 atom stereocenters. The van der Waals surface area contributed by atoms with Crippen LogP contribution in [-0.2, 0) is 11.3 Å². The highest BCUT2D eigenvalue weighted by Crippen LogP contribution is 2.40. The normalized spacial score (nSPS) is 16.0. The number of nitro groups is 1. The molecule has 3 aromatic rings. The molecule has 0 fully saturated rings. The summed E-state index contributed by atoms with van der Waals surface area (Å²) in [7, 11) is 0. The number of ketones is 1. The molecule has 1 aliphatic rings. The van der Waals surface area contributed by atoms with E-state index in [-0.39, 0.29) is 17.8 Å². The van der Waals surface area contributed by atoms with Crippen LogP contribution in [0.25, 0.3) is 0 Å². The van der Waals surface area contributed by atoms with Crippen LogP contribution < -0.4 is 4.57 Å². The first-order valence-electron chi connectivity index (χ1n) is 10.3. The second-order valence-electron chi connectivity index (χ2n) is 7.69. The zero-order valence-electron chi connectivity index (χ0n) is 18.0.